The number of rotatable bonds is 7. The van der Waals surface area contributed by atoms with Crippen molar-refractivity contribution in [1.82, 2.24) is 15.0 Å². The van der Waals surface area contributed by atoms with Crippen LogP contribution in [0.5, 0.6) is 0 Å². The second-order valence-electron chi connectivity index (χ2n) is 7.10. The highest BCUT2D eigenvalue weighted by Crippen LogP contribution is 2.36. The van der Waals surface area contributed by atoms with Crippen LogP contribution in [0.3, 0.4) is 0 Å². The number of aromatic nitrogens is 3. The van der Waals surface area contributed by atoms with Crippen LogP contribution in [0.4, 0.5) is 5.95 Å². The van der Waals surface area contributed by atoms with Gasteiger partial charge in [-0.05, 0) is 56.6 Å². The Balaban J connectivity index is 1.87. The lowest BCUT2D eigenvalue weighted by molar-refractivity contribution is -0.156. The number of thiazole rings is 1. The third-order valence-corrected chi connectivity index (χ3v) is 5.66. The molecule has 0 saturated carbocycles. The van der Waals surface area contributed by atoms with Crippen LogP contribution in [-0.2, 0) is 16.0 Å². The van der Waals surface area contributed by atoms with Crippen molar-refractivity contribution in [3.63, 3.8) is 0 Å². The summed E-state index contributed by atoms with van der Waals surface area (Å²) in [6.45, 7) is 10.0. The van der Waals surface area contributed by atoms with Crippen LogP contribution in [0, 0.1) is 0 Å². The molecular weight excluding hydrogens is 436 g/mol. The topological polar surface area (TPSA) is 77.0 Å². The number of esters is 1. The van der Waals surface area contributed by atoms with Gasteiger partial charge in [-0.15, -0.1) is 11.3 Å². The molecule has 1 N–H and O–H groups in total. The van der Waals surface area contributed by atoms with E-state index < -0.39 is 10.3 Å². The van der Waals surface area contributed by atoms with E-state index in [2.05, 4.69) is 36.2 Å². The van der Waals surface area contributed by atoms with Crippen molar-refractivity contribution in [2.75, 3.05) is 11.9 Å². The van der Waals surface area contributed by atoms with Gasteiger partial charge in [0.2, 0.25) is 5.95 Å². The van der Waals surface area contributed by atoms with Gasteiger partial charge in [0.25, 0.3) is 0 Å². The number of nitrogens with zero attached hydrogens (tertiary/aromatic N) is 3. The Morgan fingerprint density at radius 2 is 2.04 bits per heavy atom. The van der Waals surface area contributed by atoms with E-state index in [1.54, 1.807) is 12.3 Å². The third-order valence-electron chi connectivity index (χ3n) is 3.05. The van der Waals surface area contributed by atoms with E-state index in [4.69, 9.17) is 4.74 Å². The van der Waals surface area contributed by atoms with Crippen molar-refractivity contribution in [3.8, 4) is 0 Å². The van der Waals surface area contributed by atoms with Gasteiger partial charge in [-0.25, -0.2) is 15.0 Å². The van der Waals surface area contributed by atoms with E-state index in [1.807, 2.05) is 40.0 Å². The zero-order chi connectivity index (χ0) is 19.4. The molecule has 2 rings (SSSR count). The second kappa shape index (κ2) is 8.67. The van der Waals surface area contributed by atoms with Crippen molar-refractivity contribution in [3.05, 3.63) is 27.9 Å². The predicted molar refractivity (Wildman–Crippen MR) is 110 cm³/mol. The van der Waals surface area contributed by atoms with Gasteiger partial charge < -0.3 is 10.1 Å². The lowest BCUT2D eigenvalue weighted by Crippen LogP contribution is -2.36. The van der Waals surface area contributed by atoms with Gasteiger partial charge in [-0.1, -0.05) is 11.8 Å². The van der Waals surface area contributed by atoms with Crippen molar-refractivity contribution >= 4 is 50.9 Å². The maximum absolute atomic E-state index is 12.4. The van der Waals surface area contributed by atoms with E-state index >= 15 is 0 Å². The summed E-state index contributed by atoms with van der Waals surface area (Å²) in [5, 5.41) is 5.18. The normalized spacial score (nSPS) is 12.1. The fourth-order valence-corrected chi connectivity index (χ4v) is 4.39. The smallest absolute Gasteiger partial charge is 0.322 e. The van der Waals surface area contributed by atoms with Gasteiger partial charge in [0.15, 0.2) is 4.34 Å². The van der Waals surface area contributed by atoms with Crippen LogP contribution in [0.25, 0.3) is 0 Å². The average Bonchev–Trinajstić information content (AvgIpc) is 2.92. The summed E-state index contributed by atoms with van der Waals surface area (Å²) < 4.78 is 6.40. The van der Waals surface area contributed by atoms with Gasteiger partial charge in [-0.3, -0.25) is 4.79 Å². The Kier molecular flexibility index (Phi) is 7.04. The van der Waals surface area contributed by atoms with Crippen LogP contribution >= 0.6 is 39.0 Å². The molecule has 0 aliphatic rings. The molecule has 0 bridgehead atoms. The van der Waals surface area contributed by atoms with E-state index in [1.165, 1.54) is 23.1 Å². The van der Waals surface area contributed by atoms with E-state index in [9.17, 15) is 4.79 Å². The largest absolute Gasteiger partial charge is 0.459 e. The van der Waals surface area contributed by atoms with Crippen LogP contribution in [-0.4, -0.2) is 37.8 Å². The van der Waals surface area contributed by atoms with Crippen LogP contribution < -0.4 is 5.32 Å². The summed E-state index contributed by atoms with van der Waals surface area (Å²) in [7, 11) is 0. The minimum Gasteiger partial charge on any atom is -0.459 e. The van der Waals surface area contributed by atoms with E-state index in [-0.39, 0.29) is 5.97 Å². The molecule has 0 spiro atoms. The number of hydrogen-bond acceptors (Lipinski definition) is 8. The molecule has 0 aliphatic carbocycles. The molecule has 2 aromatic heterocycles. The first-order valence-electron chi connectivity index (χ1n) is 8.14. The van der Waals surface area contributed by atoms with Gasteiger partial charge >= 0.3 is 5.97 Å². The molecule has 9 heteroatoms. The molecule has 0 aromatic carbocycles. The summed E-state index contributed by atoms with van der Waals surface area (Å²) >= 11 is 6.28. The summed E-state index contributed by atoms with van der Waals surface area (Å²) in [4.78, 5) is 25.3. The summed E-state index contributed by atoms with van der Waals surface area (Å²) in [5.74, 6) is 0.343. The third kappa shape index (κ3) is 6.85. The van der Waals surface area contributed by atoms with Crippen LogP contribution in [0.2, 0.25) is 0 Å². The molecule has 142 valence electrons. The molecule has 0 unspecified atom stereocenters. The molecule has 0 aliphatic heterocycles. The van der Waals surface area contributed by atoms with Gasteiger partial charge in [0.05, 0.1) is 5.69 Å². The van der Waals surface area contributed by atoms with Gasteiger partial charge in [-0.2, -0.15) is 0 Å². The predicted octanol–water partition coefficient (Wildman–Crippen LogP) is 4.56. The van der Waals surface area contributed by atoms with E-state index in [0.717, 1.165) is 21.1 Å². The lowest BCUT2D eigenvalue weighted by Gasteiger charge is -2.27. The minimum atomic E-state index is -0.690. The first-order valence-corrected chi connectivity index (χ1v) is 10.6. The zero-order valence-corrected chi connectivity index (χ0v) is 18.7. The standard InChI is InChI=1S/C17H23BrN4O2S2/c1-16(2,3)24-13(23)17(4,5)26-15-21-11(10-25-15)6-8-19-14-20-9-7-12(18)22-14/h7,9-10H,6,8H2,1-5H3,(H,19,20,22). The molecule has 0 amide bonds. The van der Waals surface area contributed by atoms with Crippen molar-refractivity contribution in [1.29, 1.82) is 0 Å². The van der Waals surface area contributed by atoms with Crippen LogP contribution in [0.1, 0.15) is 40.3 Å². The van der Waals surface area contributed by atoms with Gasteiger partial charge in [0.1, 0.15) is 15.0 Å². The number of carbonyl (C=O) groups is 1. The number of nitrogens with one attached hydrogen (secondary N) is 1. The molecule has 2 aromatic rings. The Morgan fingerprint density at radius 3 is 2.69 bits per heavy atom. The maximum Gasteiger partial charge on any atom is 0.322 e. The summed E-state index contributed by atoms with van der Waals surface area (Å²) in [6, 6.07) is 1.78. The highest BCUT2D eigenvalue weighted by atomic mass is 79.9. The SMILES string of the molecule is CC(C)(C)OC(=O)C(C)(C)Sc1nc(CCNc2nccc(Br)n2)cs1. The van der Waals surface area contributed by atoms with Crippen molar-refractivity contribution < 1.29 is 9.53 Å². The van der Waals surface area contributed by atoms with Crippen LogP contribution in [0.15, 0.2) is 26.6 Å². The molecule has 0 saturated heterocycles. The average molecular weight is 459 g/mol. The summed E-state index contributed by atoms with van der Waals surface area (Å²) in [5.41, 5.74) is 0.475. The molecular formula is C17H23BrN4O2S2. The van der Waals surface area contributed by atoms with Gasteiger partial charge in [0, 0.05) is 24.5 Å². The number of anilines is 1. The van der Waals surface area contributed by atoms with Crippen molar-refractivity contribution in [2.24, 2.45) is 0 Å². The summed E-state index contributed by atoms with van der Waals surface area (Å²) in [6.07, 6.45) is 2.44. The second-order valence-corrected chi connectivity index (χ2v) is 10.6. The number of hydrogen-bond donors (Lipinski definition) is 1. The fraction of sp³-hybridized carbons (Fsp3) is 0.529. The minimum absolute atomic E-state index is 0.236. The van der Waals surface area contributed by atoms with E-state index in [0.29, 0.717) is 12.5 Å². The quantitative estimate of drug-likeness (QED) is 0.369. The molecule has 6 nitrogen and oxygen atoms in total. The number of thioether (sulfide) groups is 1. The molecule has 26 heavy (non-hydrogen) atoms. The van der Waals surface area contributed by atoms with Crippen molar-refractivity contribution in [2.45, 2.75) is 55.7 Å². The Morgan fingerprint density at radius 1 is 1.31 bits per heavy atom. The fourth-order valence-electron chi connectivity index (χ4n) is 1.84. The number of halogens is 1. The highest BCUT2D eigenvalue weighted by molar-refractivity contribution is 9.10. The highest BCUT2D eigenvalue weighted by Gasteiger charge is 2.34. The monoisotopic (exact) mass is 458 g/mol. The zero-order valence-electron chi connectivity index (χ0n) is 15.5. The number of ether oxygens (including phenoxy) is 1. The molecule has 0 fully saturated rings. The Hall–Kier alpha value is -1.19. The molecule has 0 radical (unpaired) electrons. The molecule has 0 atom stereocenters. The first kappa shape index (κ1) is 21.1. The maximum atomic E-state index is 12.4. The first-order chi connectivity index (χ1) is 12.0. The molecule has 2 heterocycles. The Bertz CT molecular complexity index is 759. The lowest BCUT2D eigenvalue weighted by atomic mass is 10.1. The number of carbonyl (C=O) groups excluding carboxylic acids is 1. The Labute approximate surface area is 170 Å².